The molecule has 0 aliphatic carbocycles. The highest BCUT2D eigenvalue weighted by atomic mass is 15.3. The Labute approximate surface area is 105 Å². The van der Waals surface area contributed by atoms with Gasteiger partial charge in [-0.1, -0.05) is 6.92 Å². The van der Waals surface area contributed by atoms with E-state index in [9.17, 15) is 0 Å². The molecule has 1 saturated heterocycles. The van der Waals surface area contributed by atoms with Crippen LogP contribution in [0.3, 0.4) is 0 Å². The smallest absolute Gasteiger partial charge is 0.193 e. The summed E-state index contributed by atoms with van der Waals surface area (Å²) >= 11 is 0. The molecule has 2 heterocycles. The van der Waals surface area contributed by atoms with E-state index >= 15 is 0 Å². The quantitative estimate of drug-likeness (QED) is 0.796. The Balaban J connectivity index is 1.74. The van der Waals surface area contributed by atoms with Crippen LogP contribution in [-0.2, 0) is 0 Å². The minimum atomic E-state index is 0.606. The van der Waals surface area contributed by atoms with Crippen LogP contribution < -0.4 is 5.32 Å². The van der Waals surface area contributed by atoms with E-state index in [1.807, 2.05) is 0 Å². The lowest BCUT2D eigenvalue weighted by atomic mass is 9.99. The van der Waals surface area contributed by atoms with Crippen LogP contribution in [0.5, 0.6) is 0 Å². The number of hydrogen-bond donors (Lipinski definition) is 1. The zero-order valence-corrected chi connectivity index (χ0v) is 11.4. The lowest BCUT2D eigenvalue weighted by molar-refractivity contribution is 0.139. The average molecular weight is 238 g/mol. The zero-order chi connectivity index (χ0) is 12.3. The Morgan fingerprint density at radius 2 is 2.29 bits per heavy atom. The molecule has 0 bridgehead atoms. The van der Waals surface area contributed by atoms with Crippen LogP contribution in [0.2, 0.25) is 0 Å². The Morgan fingerprint density at radius 3 is 2.94 bits per heavy atom. The third kappa shape index (κ3) is 3.35. The lowest BCUT2D eigenvalue weighted by Gasteiger charge is -2.36. The van der Waals surface area contributed by atoms with Crippen molar-refractivity contribution in [2.75, 3.05) is 39.8 Å². The number of rotatable bonds is 3. The summed E-state index contributed by atoms with van der Waals surface area (Å²) in [5.41, 5.74) is 0. The van der Waals surface area contributed by atoms with Gasteiger partial charge in [0.2, 0.25) is 0 Å². The van der Waals surface area contributed by atoms with Gasteiger partial charge in [-0.15, -0.1) is 0 Å². The second kappa shape index (κ2) is 5.71. The van der Waals surface area contributed by atoms with Crippen LogP contribution in [0.1, 0.15) is 26.7 Å². The molecular weight excluding hydrogens is 212 g/mol. The van der Waals surface area contributed by atoms with E-state index in [4.69, 9.17) is 0 Å². The topological polar surface area (TPSA) is 30.9 Å². The molecule has 0 amide bonds. The molecule has 98 valence electrons. The lowest BCUT2D eigenvalue weighted by Crippen LogP contribution is -2.48. The Bertz CT molecular complexity index is 277. The highest BCUT2D eigenvalue weighted by Gasteiger charge is 2.21. The summed E-state index contributed by atoms with van der Waals surface area (Å²) in [4.78, 5) is 9.27. The number of guanidine groups is 1. The van der Waals surface area contributed by atoms with Crippen LogP contribution in [0.25, 0.3) is 0 Å². The van der Waals surface area contributed by atoms with Gasteiger partial charge in [-0.3, -0.25) is 9.89 Å². The van der Waals surface area contributed by atoms with Crippen molar-refractivity contribution in [3.63, 3.8) is 0 Å². The summed E-state index contributed by atoms with van der Waals surface area (Å²) in [6, 6.07) is 0.606. The van der Waals surface area contributed by atoms with Crippen molar-refractivity contribution in [1.82, 2.24) is 15.1 Å². The van der Waals surface area contributed by atoms with E-state index in [1.165, 1.54) is 25.9 Å². The van der Waals surface area contributed by atoms with Crippen LogP contribution in [0, 0.1) is 5.92 Å². The van der Waals surface area contributed by atoms with Gasteiger partial charge in [0.15, 0.2) is 5.96 Å². The number of likely N-dealkylation sites (tertiary alicyclic amines) is 1. The van der Waals surface area contributed by atoms with Gasteiger partial charge in [-0.2, -0.15) is 0 Å². The number of likely N-dealkylation sites (N-methyl/N-ethyl adjacent to an activating group) is 1. The van der Waals surface area contributed by atoms with Crippen LogP contribution in [0.4, 0.5) is 0 Å². The van der Waals surface area contributed by atoms with E-state index in [-0.39, 0.29) is 0 Å². The molecule has 0 aromatic carbocycles. The third-order valence-corrected chi connectivity index (χ3v) is 3.93. The van der Waals surface area contributed by atoms with Crippen LogP contribution in [0.15, 0.2) is 4.99 Å². The van der Waals surface area contributed by atoms with Gasteiger partial charge in [-0.05, 0) is 32.2 Å². The monoisotopic (exact) mass is 238 g/mol. The SMILES string of the molecule is CC1CCCN(C(C)CNC2=NCCN2C)C1. The van der Waals surface area contributed by atoms with E-state index in [2.05, 4.69) is 41.0 Å². The van der Waals surface area contributed by atoms with Crippen molar-refractivity contribution in [2.45, 2.75) is 32.7 Å². The fourth-order valence-corrected chi connectivity index (χ4v) is 2.72. The van der Waals surface area contributed by atoms with Gasteiger partial charge in [0.05, 0.1) is 6.54 Å². The summed E-state index contributed by atoms with van der Waals surface area (Å²) in [6.45, 7) is 10.2. The molecular formula is C13H26N4. The largest absolute Gasteiger partial charge is 0.355 e. The molecule has 0 radical (unpaired) electrons. The first-order valence-corrected chi connectivity index (χ1v) is 6.90. The molecule has 4 nitrogen and oxygen atoms in total. The van der Waals surface area contributed by atoms with Crippen molar-refractivity contribution in [3.05, 3.63) is 0 Å². The van der Waals surface area contributed by atoms with Crippen molar-refractivity contribution in [3.8, 4) is 0 Å². The first kappa shape index (κ1) is 12.7. The zero-order valence-electron chi connectivity index (χ0n) is 11.4. The normalized spacial score (nSPS) is 28.1. The van der Waals surface area contributed by atoms with Gasteiger partial charge in [-0.25, -0.2) is 0 Å². The maximum absolute atomic E-state index is 4.46. The van der Waals surface area contributed by atoms with E-state index < -0.39 is 0 Å². The predicted octanol–water partition coefficient (Wildman–Crippen LogP) is 0.998. The maximum Gasteiger partial charge on any atom is 0.193 e. The minimum absolute atomic E-state index is 0.606. The molecule has 0 aromatic heterocycles. The van der Waals surface area contributed by atoms with E-state index in [1.54, 1.807) is 0 Å². The predicted molar refractivity (Wildman–Crippen MR) is 72.4 cm³/mol. The first-order valence-electron chi connectivity index (χ1n) is 6.90. The first-order chi connectivity index (χ1) is 8.16. The number of hydrogen-bond acceptors (Lipinski definition) is 4. The molecule has 17 heavy (non-hydrogen) atoms. The minimum Gasteiger partial charge on any atom is -0.355 e. The molecule has 1 N–H and O–H groups in total. The molecule has 2 atom stereocenters. The summed E-state index contributed by atoms with van der Waals surface area (Å²) < 4.78 is 0. The summed E-state index contributed by atoms with van der Waals surface area (Å²) in [5.74, 6) is 1.93. The molecule has 4 heteroatoms. The highest BCUT2D eigenvalue weighted by molar-refractivity contribution is 5.81. The van der Waals surface area contributed by atoms with Crippen LogP contribution in [-0.4, -0.2) is 61.6 Å². The Morgan fingerprint density at radius 1 is 1.47 bits per heavy atom. The van der Waals surface area contributed by atoms with Gasteiger partial charge < -0.3 is 10.2 Å². The van der Waals surface area contributed by atoms with Gasteiger partial charge >= 0.3 is 0 Å². The summed E-state index contributed by atoms with van der Waals surface area (Å²) in [7, 11) is 2.10. The Hall–Kier alpha value is -0.770. The summed E-state index contributed by atoms with van der Waals surface area (Å²) in [5, 5.41) is 3.48. The fourth-order valence-electron chi connectivity index (χ4n) is 2.72. The second-order valence-electron chi connectivity index (χ2n) is 5.60. The fraction of sp³-hybridized carbons (Fsp3) is 0.923. The number of nitrogens with zero attached hydrogens (tertiary/aromatic N) is 3. The van der Waals surface area contributed by atoms with E-state index in [0.29, 0.717) is 6.04 Å². The summed E-state index contributed by atoms with van der Waals surface area (Å²) in [6.07, 6.45) is 2.75. The standard InChI is InChI=1S/C13H26N4/c1-11-5-4-7-17(10-11)12(2)9-15-13-14-6-8-16(13)3/h11-12H,4-10H2,1-3H3,(H,14,15). The van der Waals surface area contributed by atoms with E-state index in [0.717, 1.165) is 31.5 Å². The maximum atomic E-state index is 4.46. The number of nitrogens with one attached hydrogen (secondary N) is 1. The molecule has 0 aromatic rings. The highest BCUT2D eigenvalue weighted by Crippen LogP contribution is 2.17. The molecule has 0 saturated carbocycles. The molecule has 2 unspecified atom stereocenters. The molecule has 0 spiro atoms. The molecule has 2 rings (SSSR count). The van der Waals surface area contributed by atoms with Crippen molar-refractivity contribution in [1.29, 1.82) is 0 Å². The third-order valence-electron chi connectivity index (χ3n) is 3.93. The van der Waals surface area contributed by atoms with Crippen molar-refractivity contribution in [2.24, 2.45) is 10.9 Å². The second-order valence-corrected chi connectivity index (χ2v) is 5.60. The molecule has 1 fully saturated rings. The van der Waals surface area contributed by atoms with Gasteiger partial charge in [0.25, 0.3) is 0 Å². The molecule has 2 aliphatic rings. The Kier molecular flexibility index (Phi) is 4.26. The van der Waals surface area contributed by atoms with Crippen molar-refractivity contribution >= 4 is 5.96 Å². The molecule has 2 aliphatic heterocycles. The van der Waals surface area contributed by atoms with Crippen molar-refractivity contribution < 1.29 is 0 Å². The number of aliphatic imine (C=N–C) groups is 1. The number of piperidine rings is 1. The van der Waals surface area contributed by atoms with Gasteiger partial charge in [0, 0.05) is 32.7 Å². The van der Waals surface area contributed by atoms with Crippen LogP contribution >= 0.6 is 0 Å². The van der Waals surface area contributed by atoms with Gasteiger partial charge in [0.1, 0.15) is 0 Å². The average Bonchev–Trinajstić information content (AvgIpc) is 2.72.